The zero-order valence-electron chi connectivity index (χ0n) is 7.51. The number of rotatable bonds is 2. The second-order valence-electron chi connectivity index (χ2n) is 2.86. The molecular formula is C10H8BrClS2. The van der Waals surface area contributed by atoms with Crippen LogP contribution in [0, 0.1) is 0 Å². The number of benzene rings is 1. The summed E-state index contributed by atoms with van der Waals surface area (Å²) in [6.45, 7) is 0. The Hall–Kier alpha value is 0.300. The Morgan fingerprint density at radius 2 is 2.29 bits per heavy atom. The average molecular weight is 308 g/mol. The Bertz CT molecular complexity index is 464. The van der Waals surface area contributed by atoms with Crippen LogP contribution in [0.2, 0.25) is 0 Å². The van der Waals surface area contributed by atoms with Crippen LogP contribution in [0.3, 0.4) is 0 Å². The van der Waals surface area contributed by atoms with E-state index in [1.54, 1.807) is 23.1 Å². The third kappa shape index (κ3) is 1.83. The van der Waals surface area contributed by atoms with Crippen LogP contribution in [-0.2, 0) is 5.88 Å². The van der Waals surface area contributed by atoms with Gasteiger partial charge in [-0.1, -0.05) is 12.1 Å². The van der Waals surface area contributed by atoms with Crippen molar-refractivity contribution in [1.29, 1.82) is 0 Å². The first-order valence-electron chi connectivity index (χ1n) is 4.07. The van der Waals surface area contributed by atoms with Gasteiger partial charge in [-0.05, 0) is 39.2 Å². The van der Waals surface area contributed by atoms with Crippen LogP contribution in [0.25, 0.3) is 10.1 Å². The van der Waals surface area contributed by atoms with Crippen LogP contribution < -0.4 is 0 Å². The Balaban J connectivity index is 2.75. The van der Waals surface area contributed by atoms with E-state index in [1.807, 2.05) is 0 Å². The van der Waals surface area contributed by atoms with Gasteiger partial charge in [0.15, 0.2) is 0 Å². The van der Waals surface area contributed by atoms with E-state index in [0.29, 0.717) is 5.88 Å². The van der Waals surface area contributed by atoms with Gasteiger partial charge >= 0.3 is 0 Å². The van der Waals surface area contributed by atoms with Gasteiger partial charge in [0.25, 0.3) is 0 Å². The molecule has 2 rings (SSSR count). The second-order valence-corrected chi connectivity index (χ2v) is 6.38. The maximum absolute atomic E-state index is 5.90. The molecule has 0 spiro atoms. The molecule has 0 nitrogen and oxygen atoms in total. The summed E-state index contributed by atoms with van der Waals surface area (Å²) in [4.78, 5) is 1.31. The first-order valence-corrected chi connectivity index (χ1v) is 7.44. The normalized spacial score (nSPS) is 11.1. The number of alkyl halides is 1. The molecule has 2 aromatic rings. The van der Waals surface area contributed by atoms with Crippen molar-refractivity contribution < 1.29 is 0 Å². The van der Waals surface area contributed by atoms with Gasteiger partial charge in [-0.15, -0.1) is 34.7 Å². The summed E-state index contributed by atoms with van der Waals surface area (Å²) in [5, 5.41) is 1.29. The molecule has 74 valence electrons. The van der Waals surface area contributed by atoms with Crippen molar-refractivity contribution in [3.63, 3.8) is 0 Å². The predicted molar refractivity (Wildman–Crippen MR) is 70.9 cm³/mol. The zero-order valence-corrected chi connectivity index (χ0v) is 11.5. The summed E-state index contributed by atoms with van der Waals surface area (Å²) >= 11 is 12.9. The Morgan fingerprint density at radius 1 is 1.50 bits per heavy atom. The van der Waals surface area contributed by atoms with Crippen molar-refractivity contribution in [2.24, 2.45) is 0 Å². The maximum Gasteiger partial charge on any atom is 0.0711 e. The van der Waals surface area contributed by atoms with Gasteiger partial charge in [0.05, 0.1) is 3.79 Å². The third-order valence-corrected chi connectivity index (χ3v) is 5.00. The van der Waals surface area contributed by atoms with Crippen molar-refractivity contribution in [3.05, 3.63) is 27.5 Å². The number of halogens is 2. The van der Waals surface area contributed by atoms with E-state index in [1.165, 1.54) is 24.3 Å². The fraction of sp³-hybridized carbons (Fsp3) is 0.200. The number of hydrogen-bond donors (Lipinski definition) is 0. The van der Waals surface area contributed by atoms with Crippen LogP contribution in [0.4, 0.5) is 0 Å². The van der Waals surface area contributed by atoms with E-state index >= 15 is 0 Å². The molecule has 0 unspecified atom stereocenters. The van der Waals surface area contributed by atoms with E-state index in [4.69, 9.17) is 11.6 Å². The second kappa shape index (κ2) is 4.44. The summed E-state index contributed by atoms with van der Waals surface area (Å²) < 4.78 is 2.51. The van der Waals surface area contributed by atoms with Gasteiger partial charge in [-0.3, -0.25) is 0 Å². The highest BCUT2D eigenvalue weighted by Gasteiger charge is 2.08. The highest BCUT2D eigenvalue weighted by molar-refractivity contribution is 9.11. The lowest BCUT2D eigenvalue weighted by Crippen LogP contribution is -1.82. The van der Waals surface area contributed by atoms with Crippen molar-refractivity contribution in [2.75, 3.05) is 6.26 Å². The smallest absolute Gasteiger partial charge is 0.0711 e. The van der Waals surface area contributed by atoms with Gasteiger partial charge in [0.1, 0.15) is 0 Å². The number of thioether (sulfide) groups is 1. The van der Waals surface area contributed by atoms with Crippen molar-refractivity contribution in [1.82, 2.24) is 0 Å². The lowest BCUT2D eigenvalue weighted by Gasteiger charge is -2.04. The summed E-state index contributed by atoms with van der Waals surface area (Å²) in [7, 11) is 0. The largest absolute Gasteiger partial charge is 0.128 e. The summed E-state index contributed by atoms with van der Waals surface area (Å²) in [5.41, 5.74) is 1.22. The predicted octanol–water partition coefficient (Wildman–Crippen LogP) is 5.12. The molecule has 0 saturated heterocycles. The number of fused-ring (bicyclic) bond motifs is 1. The molecule has 0 aliphatic heterocycles. The topological polar surface area (TPSA) is 0 Å². The summed E-state index contributed by atoms with van der Waals surface area (Å²) in [6.07, 6.45) is 2.10. The standard InChI is InChI=1S/C10H8BrClS2/c1-13-9-7(5-12)3-2-6-4-8(11)14-10(6)9/h2-4H,5H2,1H3. The maximum atomic E-state index is 5.90. The molecule has 1 aromatic carbocycles. The van der Waals surface area contributed by atoms with Crippen LogP contribution in [0.1, 0.15) is 5.56 Å². The van der Waals surface area contributed by atoms with E-state index in [9.17, 15) is 0 Å². The Labute approximate surface area is 105 Å². The lowest BCUT2D eigenvalue weighted by atomic mass is 10.2. The molecule has 1 heterocycles. The Kier molecular flexibility index (Phi) is 3.42. The van der Waals surface area contributed by atoms with Gasteiger partial charge in [-0.2, -0.15) is 0 Å². The summed E-state index contributed by atoms with van der Waals surface area (Å²) in [5.74, 6) is 0.585. The molecule has 0 N–H and O–H groups in total. The summed E-state index contributed by atoms with van der Waals surface area (Å²) in [6, 6.07) is 6.39. The molecule has 0 radical (unpaired) electrons. The quantitative estimate of drug-likeness (QED) is 0.548. The van der Waals surface area contributed by atoms with Crippen LogP contribution in [0.5, 0.6) is 0 Å². The Morgan fingerprint density at radius 3 is 2.93 bits per heavy atom. The molecule has 0 saturated carbocycles. The first-order chi connectivity index (χ1) is 6.76. The SMILES string of the molecule is CSc1c(CCl)ccc2cc(Br)sc12. The lowest BCUT2D eigenvalue weighted by molar-refractivity contribution is 1.31. The van der Waals surface area contributed by atoms with Gasteiger partial charge in [-0.25, -0.2) is 0 Å². The fourth-order valence-corrected chi connectivity index (χ4v) is 4.38. The monoisotopic (exact) mass is 306 g/mol. The molecule has 0 atom stereocenters. The van der Waals surface area contributed by atoms with Gasteiger partial charge < -0.3 is 0 Å². The van der Waals surface area contributed by atoms with Gasteiger partial charge in [0.2, 0.25) is 0 Å². The van der Waals surface area contributed by atoms with Crippen molar-refractivity contribution in [3.8, 4) is 0 Å². The van der Waals surface area contributed by atoms with Crippen LogP contribution in [0.15, 0.2) is 26.9 Å². The molecule has 1 aromatic heterocycles. The number of thiophene rings is 1. The van der Waals surface area contributed by atoms with E-state index in [-0.39, 0.29) is 0 Å². The van der Waals surface area contributed by atoms with Crippen LogP contribution >= 0.6 is 50.6 Å². The number of hydrogen-bond acceptors (Lipinski definition) is 2. The highest BCUT2D eigenvalue weighted by Crippen LogP contribution is 2.38. The molecule has 14 heavy (non-hydrogen) atoms. The van der Waals surface area contributed by atoms with Gasteiger partial charge in [0, 0.05) is 15.5 Å². The minimum absolute atomic E-state index is 0.585. The fourth-order valence-electron chi connectivity index (χ4n) is 1.42. The first kappa shape index (κ1) is 10.8. The average Bonchev–Trinajstić information content (AvgIpc) is 2.56. The zero-order chi connectivity index (χ0) is 10.1. The van der Waals surface area contributed by atoms with Crippen molar-refractivity contribution in [2.45, 2.75) is 10.8 Å². The third-order valence-electron chi connectivity index (χ3n) is 2.04. The molecule has 0 bridgehead atoms. The molecular weight excluding hydrogens is 300 g/mol. The molecule has 0 fully saturated rings. The minimum Gasteiger partial charge on any atom is -0.128 e. The minimum atomic E-state index is 0.585. The van der Waals surface area contributed by atoms with Crippen molar-refractivity contribution >= 4 is 60.7 Å². The molecule has 4 heteroatoms. The van der Waals surface area contributed by atoms with E-state index < -0.39 is 0 Å². The highest BCUT2D eigenvalue weighted by atomic mass is 79.9. The molecule has 0 aliphatic carbocycles. The van der Waals surface area contributed by atoms with Crippen LogP contribution in [-0.4, -0.2) is 6.26 Å². The molecule has 0 aliphatic rings. The van der Waals surface area contributed by atoms with E-state index in [2.05, 4.69) is 40.4 Å². The molecule has 0 amide bonds. The van der Waals surface area contributed by atoms with E-state index in [0.717, 1.165) is 0 Å².